The molecule has 0 saturated heterocycles. The third-order valence-electron chi connectivity index (χ3n) is 2.93. The number of hydrogen-bond donors (Lipinski definition) is 1. The summed E-state index contributed by atoms with van der Waals surface area (Å²) >= 11 is 0. The Morgan fingerprint density at radius 1 is 1.22 bits per heavy atom. The summed E-state index contributed by atoms with van der Waals surface area (Å²) in [6.07, 6.45) is 4.57. The fourth-order valence-electron chi connectivity index (χ4n) is 1.86. The maximum atomic E-state index is 9.34. The molecule has 96 valence electrons. The number of rotatable bonds is 6. The van der Waals surface area contributed by atoms with Gasteiger partial charge in [0, 0.05) is 6.54 Å². The van der Waals surface area contributed by atoms with Crippen molar-refractivity contribution in [3.63, 3.8) is 0 Å². The molecule has 0 spiro atoms. The molecule has 0 radical (unpaired) electrons. The zero-order valence-corrected chi connectivity index (χ0v) is 10.7. The predicted octanol–water partition coefficient (Wildman–Crippen LogP) is 2.35. The minimum absolute atomic E-state index is 0.539. The Morgan fingerprint density at radius 2 is 2.00 bits per heavy atom. The van der Waals surface area contributed by atoms with Crippen molar-refractivity contribution in [2.45, 2.75) is 38.8 Å². The average Bonchev–Trinajstić information content (AvgIpc) is 2.85. The van der Waals surface area contributed by atoms with E-state index in [0.717, 1.165) is 25.8 Å². The van der Waals surface area contributed by atoms with Crippen LogP contribution in [0.15, 0.2) is 36.5 Å². The maximum Gasteiger partial charge on any atom is 0.111 e. The number of aromatic nitrogens is 3. The molecule has 1 heterocycles. The summed E-state index contributed by atoms with van der Waals surface area (Å²) in [5.74, 6) is 0. The number of aliphatic hydroxyl groups is 1. The number of unbranched alkanes of at least 4 members (excludes halogenated alkanes) is 1. The molecule has 18 heavy (non-hydrogen) atoms. The third kappa shape index (κ3) is 3.67. The van der Waals surface area contributed by atoms with Gasteiger partial charge in [0.1, 0.15) is 5.69 Å². The van der Waals surface area contributed by atoms with Crippen LogP contribution in [-0.2, 0) is 13.0 Å². The van der Waals surface area contributed by atoms with Crippen molar-refractivity contribution in [1.82, 2.24) is 15.0 Å². The number of aliphatic hydroxyl groups excluding tert-OH is 1. The summed E-state index contributed by atoms with van der Waals surface area (Å²) in [6, 6.07) is 10.5. The Bertz CT molecular complexity index is 465. The fourth-order valence-corrected chi connectivity index (χ4v) is 1.86. The van der Waals surface area contributed by atoms with Crippen LogP contribution < -0.4 is 0 Å². The predicted molar refractivity (Wildman–Crippen MR) is 70.0 cm³/mol. The molecule has 1 atom stereocenters. The van der Waals surface area contributed by atoms with Gasteiger partial charge in [-0.25, -0.2) is 0 Å². The minimum Gasteiger partial charge on any atom is -0.387 e. The first-order valence-corrected chi connectivity index (χ1v) is 6.38. The molecule has 4 nitrogen and oxygen atoms in total. The van der Waals surface area contributed by atoms with E-state index in [2.05, 4.69) is 34.6 Å². The van der Waals surface area contributed by atoms with Gasteiger partial charge in [-0.05, 0) is 31.7 Å². The topological polar surface area (TPSA) is 50.9 Å². The largest absolute Gasteiger partial charge is 0.387 e. The molecular weight excluding hydrogens is 226 g/mol. The Balaban J connectivity index is 1.72. The number of benzene rings is 1. The first kappa shape index (κ1) is 12.8. The van der Waals surface area contributed by atoms with Gasteiger partial charge in [0.15, 0.2) is 0 Å². The van der Waals surface area contributed by atoms with Crippen molar-refractivity contribution in [2.75, 3.05) is 0 Å². The quantitative estimate of drug-likeness (QED) is 0.795. The van der Waals surface area contributed by atoms with E-state index >= 15 is 0 Å². The summed E-state index contributed by atoms with van der Waals surface area (Å²) in [5.41, 5.74) is 2.01. The molecule has 0 fully saturated rings. The smallest absolute Gasteiger partial charge is 0.111 e. The molecule has 1 aromatic carbocycles. The zero-order valence-electron chi connectivity index (χ0n) is 10.7. The number of aryl methyl sites for hydroxylation is 2. The molecule has 4 heteroatoms. The second-order valence-corrected chi connectivity index (χ2v) is 4.53. The van der Waals surface area contributed by atoms with Gasteiger partial charge < -0.3 is 5.11 Å². The minimum atomic E-state index is -0.539. The summed E-state index contributed by atoms with van der Waals surface area (Å²) < 4.78 is 1.80. The second-order valence-electron chi connectivity index (χ2n) is 4.53. The van der Waals surface area contributed by atoms with Gasteiger partial charge in [-0.1, -0.05) is 35.5 Å². The molecule has 0 aliphatic heterocycles. The SMILES string of the molecule is C[C@H](O)c1cn(CCCCc2ccccc2)nn1. The lowest BCUT2D eigenvalue weighted by molar-refractivity contribution is 0.194. The molecule has 0 unspecified atom stereocenters. The van der Waals surface area contributed by atoms with Crippen LogP contribution in [0.3, 0.4) is 0 Å². The monoisotopic (exact) mass is 245 g/mol. The Hall–Kier alpha value is -1.68. The fraction of sp³-hybridized carbons (Fsp3) is 0.429. The molecular formula is C14H19N3O. The van der Waals surface area contributed by atoms with Crippen LogP contribution in [0.4, 0.5) is 0 Å². The molecule has 1 N–H and O–H groups in total. The Kier molecular flexibility index (Phi) is 4.47. The van der Waals surface area contributed by atoms with Crippen molar-refractivity contribution >= 4 is 0 Å². The van der Waals surface area contributed by atoms with Crippen molar-refractivity contribution in [3.05, 3.63) is 47.8 Å². The molecule has 0 bridgehead atoms. The van der Waals surface area contributed by atoms with E-state index in [4.69, 9.17) is 0 Å². The zero-order chi connectivity index (χ0) is 12.8. The Labute approximate surface area is 107 Å². The lowest BCUT2D eigenvalue weighted by Gasteiger charge is -2.01. The lowest BCUT2D eigenvalue weighted by atomic mass is 10.1. The van der Waals surface area contributed by atoms with Gasteiger partial charge in [-0.3, -0.25) is 4.68 Å². The summed E-state index contributed by atoms with van der Waals surface area (Å²) in [6.45, 7) is 2.55. The van der Waals surface area contributed by atoms with E-state index in [-0.39, 0.29) is 0 Å². The van der Waals surface area contributed by atoms with E-state index in [0.29, 0.717) is 5.69 Å². The van der Waals surface area contributed by atoms with Crippen LogP contribution in [0.1, 0.15) is 37.1 Å². The highest BCUT2D eigenvalue weighted by molar-refractivity contribution is 5.14. The molecule has 0 amide bonds. The highest BCUT2D eigenvalue weighted by atomic mass is 16.3. The molecule has 0 aliphatic rings. The standard InChI is InChI=1S/C14H19N3O/c1-12(18)14-11-17(16-15-14)10-6-5-9-13-7-3-2-4-8-13/h2-4,7-8,11-12,18H,5-6,9-10H2,1H3/t12-/m0/s1. The summed E-state index contributed by atoms with van der Waals surface area (Å²) in [4.78, 5) is 0. The first-order chi connectivity index (χ1) is 8.75. The van der Waals surface area contributed by atoms with Crippen molar-refractivity contribution in [3.8, 4) is 0 Å². The normalized spacial score (nSPS) is 12.6. The van der Waals surface area contributed by atoms with Gasteiger partial charge >= 0.3 is 0 Å². The van der Waals surface area contributed by atoms with E-state index in [9.17, 15) is 5.11 Å². The van der Waals surface area contributed by atoms with Crippen LogP contribution in [0.25, 0.3) is 0 Å². The van der Waals surface area contributed by atoms with E-state index in [1.807, 2.05) is 12.3 Å². The van der Waals surface area contributed by atoms with Crippen LogP contribution in [-0.4, -0.2) is 20.1 Å². The molecule has 1 aromatic heterocycles. The van der Waals surface area contributed by atoms with Gasteiger partial charge in [0.2, 0.25) is 0 Å². The van der Waals surface area contributed by atoms with E-state index in [1.165, 1.54) is 5.56 Å². The molecule has 0 saturated carbocycles. The second kappa shape index (κ2) is 6.31. The first-order valence-electron chi connectivity index (χ1n) is 6.38. The summed E-state index contributed by atoms with van der Waals surface area (Å²) in [5, 5.41) is 17.2. The Morgan fingerprint density at radius 3 is 2.67 bits per heavy atom. The van der Waals surface area contributed by atoms with Crippen LogP contribution in [0.5, 0.6) is 0 Å². The summed E-state index contributed by atoms with van der Waals surface area (Å²) in [7, 11) is 0. The van der Waals surface area contributed by atoms with E-state index in [1.54, 1.807) is 11.6 Å². The van der Waals surface area contributed by atoms with Crippen LogP contribution in [0.2, 0.25) is 0 Å². The van der Waals surface area contributed by atoms with Crippen LogP contribution >= 0.6 is 0 Å². The van der Waals surface area contributed by atoms with Crippen molar-refractivity contribution in [1.29, 1.82) is 0 Å². The third-order valence-corrected chi connectivity index (χ3v) is 2.93. The van der Waals surface area contributed by atoms with Crippen molar-refractivity contribution in [2.24, 2.45) is 0 Å². The molecule has 0 aliphatic carbocycles. The highest BCUT2D eigenvalue weighted by Crippen LogP contribution is 2.08. The highest BCUT2D eigenvalue weighted by Gasteiger charge is 2.05. The average molecular weight is 245 g/mol. The number of hydrogen-bond acceptors (Lipinski definition) is 3. The van der Waals surface area contributed by atoms with Gasteiger partial charge in [-0.15, -0.1) is 5.10 Å². The maximum absolute atomic E-state index is 9.34. The van der Waals surface area contributed by atoms with Crippen molar-refractivity contribution < 1.29 is 5.11 Å². The molecule has 2 rings (SSSR count). The number of nitrogens with zero attached hydrogens (tertiary/aromatic N) is 3. The van der Waals surface area contributed by atoms with Gasteiger partial charge in [-0.2, -0.15) is 0 Å². The molecule has 2 aromatic rings. The van der Waals surface area contributed by atoms with Crippen LogP contribution in [0, 0.1) is 0 Å². The van der Waals surface area contributed by atoms with Gasteiger partial charge in [0.25, 0.3) is 0 Å². The van der Waals surface area contributed by atoms with E-state index < -0.39 is 6.10 Å². The van der Waals surface area contributed by atoms with Gasteiger partial charge in [0.05, 0.1) is 12.3 Å². The lowest BCUT2D eigenvalue weighted by Crippen LogP contribution is -1.99.